The van der Waals surface area contributed by atoms with Crippen molar-refractivity contribution in [1.29, 1.82) is 0 Å². The lowest BCUT2D eigenvalue weighted by molar-refractivity contribution is 0.469. The number of aromatic hydroxyl groups is 1. The number of nitrogens with zero attached hydrogens (tertiary/aromatic N) is 1. The van der Waals surface area contributed by atoms with Gasteiger partial charge in [-0.05, 0) is 37.1 Å². The monoisotopic (exact) mass is 229 g/mol. The minimum absolute atomic E-state index is 0.266. The van der Waals surface area contributed by atoms with Crippen LogP contribution >= 0.6 is 0 Å². The molecular formula is C13H15N3O. The van der Waals surface area contributed by atoms with Gasteiger partial charge in [0.15, 0.2) is 0 Å². The highest BCUT2D eigenvalue weighted by molar-refractivity contribution is 5.59. The molecule has 3 rings (SSSR count). The third kappa shape index (κ3) is 1.76. The van der Waals surface area contributed by atoms with E-state index in [9.17, 15) is 5.11 Å². The Kier molecular flexibility index (Phi) is 2.30. The van der Waals surface area contributed by atoms with Crippen molar-refractivity contribution in [1.82, 2.24) is 10.9 Å². The maximum Gasteiger partial charge on any atom is 0.142 e. The molecule has 0 amide bonds. The van der Waals surface area contributed by atoms with Crippen LogP contribution in [0.5, 0.6) is 5.75 Å². The number of anilines is 1. The second-order valence-electron chi connectivity index (χ2n) is 4.41. The summed E-state index contributed by atoms with van der Waals surface area (Å²) in [6, 6.07) is 5.83. The summed E-state index contributed by atoms with van der Waals surface area (Å²) in [5.74, 6) is 0.266. The summed E-state index contributed by atoms with van der Waals surface area (Å²) in [5.41, 5.74) is 9.57. The van der Waals surface area contributed by atoms with Gasteiger partial charge in [0.1, 0.15) is 11.4 Å². The molecule has 0 saturated carbocycles. The first-order valence-electron chi connectivity index (χ1n) is 5.73. The van der Waals surface area contributed by atoms with E-state index >= 15 is 0 Å². The van der Waals surface area contributed by atoms with Gasteiger partial charge in [0.25, 0.3) is 0 Å². The van der Waals surface area contributed by atoms with Crippen molar-refractivity contribution in [3.05, 3.63) is 47.7 Å². The van der Waals surface area contributed by atoms with Crippen LogP contribution in [-0.4, -0.2) is 11.1 Å². The van der Waals surface area contributed by atoms with Crippen LogP contribution in [0, 0.1) is 6.92 Å². The average Bonchev–Trinajstić information content (AvgIpc) is 2.75. The molecule has 1 aromatic rings. The Bertz CT molecular complexity index is 507. The predicted molar refractivity (Wildman–Crippen MR) is 67.2 cm³/mol. The van der Waals surface area contributed by atoms with Crippen LogP contribution < -0.4 is 16.0 Å². The largest absolute Gasteiger partial charge is 0.506 e. The van der Waals surface area contributed by atoms with Crippen molar-refractivity contribution in [3.63, 3.8) is 0 Å². The molecule has 1 aromatic carbocycles. The van der Waals surface area contributed by atoms with E-state index < -0.39 is 0 Å². The molecule has 1 atom stereocenters. The predicted octanol–water partition coefficient (Wildman–Crippen LogP) is 1.74. The molecule has 0 bridgehead atoms. The number of fused-ring (bicyclic) bond motifs is 1. The molecule has 3 N–H and O–H groups in total. The molecule has 1 unspecified atom stereocenters. The van der Waals surface area contributed by atoms with Crippen molar-refractivity contribution in [3.8, 4) is 5.75 Å². The van der Waals surface area contributed by atoms with Gasteiger partial charge in [-0.1, -0.05) is 18.2 Å². The molecule has 1 fully saturated rings. The number of phenols is 1. The van der Waals surface area contributed by atoms with Gasteiger partial charge >= 0.3 is 0 Å². The third-order valence-electron chi connectivity index (χ3n) is 3.06. The molecule has 1 heterocycles. The first-order valence-corrected chi connectivity index (χ1v) is 5.73. The van der Waals surface area contributed by atoms with Gasteiger partial charge in [0.05, 0.1) is 11.7 Å². The molecule has 1 saturated heterocycles. The Hall–Kier alpha value is -1.94. The van der Waals surface area contributed by atoms with Crippen LogP contribution in [0.4, 0.5) is 5.69 Å². The molecular weight excluding hydrogens is 214 g/mol. The van der Waals surface area contributed by atoms with E-state index in [1.54, 1.807) is 11.2 Å². The van der Waals surface area contributed by atoms with Gasteiger partial charge in [0.2, 0.25) is 0 Å². The molecule has 4 heteroatoms. The highest BCUT2D eigenvalue weighted by Crippen LogP contribution is 2.29. The summed E-state index contributed by atoms with van der Waals surface area (Å²) in [7, 11) is 0. The standard InChI is InChI=1S/C13H15N3O/c1-9-6-7-13(17)12(8-9)16-14-10-4-2-3-5-11(10)15-16/h2-4,6-8,11,14-15,17H,5H2,1H3. The Labute approximate surface area is 100 Å². The highest BCUT2D eigenvalue weighted by atomic mass is 16.3. The van der Waals surface area contributed by atoms with Gasteiger partial charge in [-0.3, -0.25) is 5.43 Å². The fourth-order valence-corrected chi connectivity index (χ4v) is 2.13. The number of rotatable bonds is 1. The quantitative estimate of drug-likeness (QED) is 0.686. The van der Waals surface area contributed by atoms with Gasteiger partial charge in [-0.2, -0.15) is 0 Å². The molecule has 4 nitrogen and oxygen atoms in total. The minimum Gasteiger partial charge on any atom is -0.506 e. The molecule has 17 heavy (non-hydrogen) atoms. The number of hydrogen-bond donors (Lipinski definition) is 3. The first-order chi connectivity index (χ1) is 8.24. The topological polar surface area (TPSA) is 47.5 Å². The number of benzene rings is 1. The van der Waals surface area contributed by atoms with E-state index in [0.29, 0.717) is 0 Å². The van der Waals surface area contributed by atoms with Crippen LogP contribution in [0.1, 0.15) is 12.0 Å². The van der Waals surface area contributed by atoms with Crippen molar-refractivity contribution >= 4 is 5.69 Å². The van der Waals surface area contributed by atoms with E-state index in [-0.39, 0.29) is 11.8 Å². The van der Waals surface area contributed by atoms with Crippen LogP contribution in [0.2, 0.25) is 0 Å². The first kappa shape index (κ1) is 10.2. The molecule has 0 radical (unpaired) electrons. The number of nitrogens with one attached hydrogen (secondary N) is 2. The fourth-order valence-electron chi connectivity index (χ4n) is 2.13. The van der Waals surface area contributed by atoms with E-state index in [1.165, 1.54) is 0 Å². The second-order valence-corrected chi connectivity index (χ2v) is 4.41. The Morgan fingerprint density at radius 1 is 1.41 bits per heavy atom. The van der Waals surface area contributed by atoms with Crippen molar-refractivity contribution in [2.75, 3.05) is 5.12 Å². The van der Waals surface area contributed by atoms with Crippen molar-refractivity contribution in [2.24, 2.45) is 0 Å². The number of aryl methyl sites for hydroxylation is 1. The summed E-state index contributed by atoms with van der Waals surface area (Å²) in [5, 5.41) is 11.7. The zero-order valence-electron chi connectivity index (χ0n) is 9.64. The summed E-state index contributed by atoms with van der Waals surface area (Å²) in [6.07, 6.45) is 7.18. The number of phenolic OH excluding ortho intramolecular Hbond substituents is 1. The lowest BCUT2D eigenvalue weighted by Gasteiger charge is -2.20. The van der Waals surface area contributed by atoms with Gasteiger partial charge in [0, 0.05) is 0 Å². The molecule has 0 spiro atoms. The molecule has 1 aliphatic carbocycles. The zero-order chi connectivity index (χ0) is 11.8. The zero-order valence-corrected chi connectivity index (χ0v) is 9.64. The molecule has 1 aliphatic heterocycles. The number of allylic oxidation sites excluding steroid dienone is 2. The lowest BCUT2D eigenvalue weighted by atomic mass is 10.1. The third-order valence-corrected chi connectivity index (χ3v) is 3.06. The van der Waals surface area contributed by atoms with Crippen molar-refractivity contribution in [2.45, 2.75) is 19.4 Å². The van der Waals surface area contributed by atoms with E-state index in [4.69, 9.17) is 0 Å². The van der Waals surface area contributed by atoms with Gasteiger partial charge in [-0.15, -0.1) is 0 Å². The molecule has 2 aliphatic rings. The highest BCUT2D eigenvalue weighted by Gasteiger charge is 2.28. The second kappa shape index (κ2) is 3.82. The molecule has 0 aromatic heterocycles. The maximum atomic E-state index is 9.87. The summed E-state index contributed by atoms with van der Waals surface area (Å²) >= 11 is 0. The van der Waals surface area contributed by atoms with Gasteiger partial charge in [-0.25, -0.2) is 10.5 Å². The van der Waals surface area contributed by atoms with Gasteiger partial charge < -0.3 is 5.11 Å². The normalized spacial score (nSPS) is 22.1. The fraction of sp³-hybridized carbons (Fsp3) is 0.231. The van der Waals surface area contributed by atoms with E-state index in [2.05, 4.69) is 16.9 Å². The summed E-state index contributed by atoms with van der Waals surface area (Å²) in [4.78, 5) is 0. The van der Waals surface area contributed by atoms with E-state index in [1.807, 2.05) is 31.2 Å². The SMILES string of the molecule is Cc1ccc(O)c(N2NC3=CC=CCC3N2)c1. The molecule has 88 valence electrons. The van der Waals surface area contributed by atoms with Crippen LogP contribution in [0.15, 0.2) is 42.1 Å². The summed E-state index contributed by atoms with van der Waals surface area (Å²) in [6.45, 7) is 2.01. The lowest BCUT2D eigenvalue weighted by Crippen LogP contribution is -2.39. The Morgan fingerprint density at radius 2 is 2.29 bits per heavy atom. The minimum atomic E-state index is 0.266. The van der Waals surface area contributed by atoms with Crippen LogP contribution in [0.3, 0.4) is 0 Å². The van der Waals surface area contributed by atoms with E-state index in [0.717, 1.165) is 23.4 Å². The van der Waals surface area contributed by atoms with Crippen LogP contribution in [0.25, 0.3) is 0 Å². The van der Waals surface area contributed by atoms with Crippen LogP contribution in [-0.2, 0) is 0 Å². The smallest absolute Gasteiger partial charge is 0.142 e. The number of hydrazine groups is 2. The Morgan fingerprint density at radius 3 is 3.12 bits per heavy atom. The Balaban J connectivity index is 1.89. The summed E-state index contributed by atoms with van der Waals surface area (Å²) < 4.78 is 0. The maximum absolute atomic E-state index is 9.87. The van der Waals surface area contributed by atoms with Crippen molar-refractivity contribution < 1.29 is 5.11 Å². The average molecular weight is 229 g/mol. The number of hydrogen-bond acceptors (Lipinski definition) is 4.